The number of carbonyl (C=O) groups is 1. The van der Waals surface area contributed by atoms with Gasteiger partial charge in [0.05, 0.1) is 28.1 Å². The average molecular weight is 479 g/mol. The fourth-order valence-electron chi connectivity index (χ4n) is 3.91. The van der Waals surface area contributed by atoms with Crippen LogP contribution in [0.25, 0.3) is 0 Å². The van der Waals surface area contributed by atoms with Gasteiger partial charge in [0, 0.05) is 26.2 Å². The molecule has 1 aromatic rings. The lowest BCUT2D eigenvalue weighted by molar-refractivity contribution is -0.137. The number of benzene rings is 1. The van der Waals surface area contributed by atoms with Crippen LogP contribution in [0.15, 0.2) is 23.1 Å². The number of hydrogen-bond acceptors (Lipinski definition) is 5. The highest BCUT2D eigenvalue weighted by molar-refractivity contribution is 7.89. The van der Waals surface area contributed by atoms with E-state index in [0.29, 0.717) is 18.9 Å². The zero-order valence-corrected chi connectivity index (χ0v) is 18.2. The molecule has 1 saturated carbocycles. The molecule has 1 amide bonds. The Labute approximate surface area is 183 Å². The van der Waals surface area contributed by atoms with E-state index in [1.807, 2.05) is 0 Å². The first-order chi connectivity index (χ1) is 14.5. The Balaban J connectivity index is 1.61. The molecule has 2 aliphatic rings. The maximum atomic E-state index is 13.1. The number of amides is 1. The summed E-state index contributed by atoms with van der Waals surface area (Å²) in [5, 5.41) is 11.6. The summed E-state index contributed by atoms with van der Waals surface area (Å²) in [5.74, 6) is -0.299. The second-order valence-corrected chi connectivity index (χ2v) is 10.1. The van der Waals surface area contributed by atoms with Gasteiger partial charge >= 0.3 is 6.18 Å². The minimum absolute atomic E-state index is 0.0243. The first-order valence-corrected chi connectivity index (χ1v) is 11.6. The molecule has 12 heteroatoms. The summed E-state index contributed by atoms with van der Waals surface area (Å²) < 4.78 is 65.9. The van der Waals surface area contributed by atoms with E-state index >= 15 is 0 Å². The zero-order valence-electron chi connectivity index (χ0n) is 16.6. The molecule has 1 aromatic carbocycles. The van der Waals surface area contributed by atoms with Crippen LogP contribution in [0.5, 0.6) is 0 Å². The van der Waals surface area contributed by atoms with Crippen molar-refractivity contribution in [2.75, 3.05) is 32.7 Å². The molecular formula is C19H22ClF3N4O3S. The normalized spacial score (nSPS) is 20.4. The highest BCUT2D eigenvalue weighted by atomic mass is 35.5. The molecular weight excluding hydrogens is 457 g/mol. The van der Waals surface area contributed by atoms with Crippen molar-refractivity contribution in [3.63, 3.8) is 0 Å². The summed E-state index contributed by atoms with van der Waals surface area (Å²) in [7, 11) is -4.14. The Morgan fingerprint density at radius 3 is 2.35 bits per heavy atom. The molecule has 0 aromatic heterocycles. The standard InChI is InChI=1S/C19H22ClF3N4O3S/c20-16-4-3-14(11-15(16)19(21,22)23)31(29,30)27-9-7-26(8-10-27)12-17(28)25-18(13-24)5-1-2-6-18/h3-4,11H,1-2,5-10,12H2,(H,25,28). The third-order valence-corrected chi connectivity index (χ3v) is 7.85. The molecule has 1 aliphatic carbocycles. The van der Waals surface area contributed by atoms with Crippen LogP contribution in [-0.4, -0.2) is 61.8 Å². The highest BCUT2D eigenvalue weighted by Crippen LogP contribution is 2.36. The Bertz CT molecular complexity index is 980. The predicted molar refractivity (Wildman–Crippen MR) is 107 cm³/mol. The van der Waals surface area contributed by atoms with E-state index in [-0.39, 0.29) is 38.6 Å². The van der Waals surface area contributed by atoms with Gasteiger partial charge in [-0.15, -0.1) is 0 Å². The largest absolute Gasteiger partial charge is 0.417 e. The zero-order chi connectivity index (χ0) is 22.9. The molecule has 31 heavy (non-hydrogen) atoms. The quantitative estimate of drug-likeness (QED) is 0.702. The summed E-state index contributed by atoms with van der Waals surface area (Å²) in [5.41, 5.74) is -2.03. The van der Waals surface area contributed by atoms with Gasteiger partial charge in [0.25, 0.3) is 0 Å². The number of piperazine rings is 1. The van der Waals surface area contributed by atoms with Gasteiger partial charge in [0.15, 0.2) is 0 Å². The molecule has 3 rings (SSSR count). The number of carbonyl (C=O) groups excluding carboxylic acids is 1. The van der Waals surface area contributed by atoms with Crippen LogP contribution < -0.4 is 5.32 Å². The average Bonchev–Trinajstić information content (AvgIpc) is 3.16. The van der Waals surface area contributed by atoms with Gasteiger partial charge in [-0.2, -0.15) is 22.7 Å². The molecule has 0 bridgehead atoms. The van der Waals surface area contributed by atoms with Crippen LogP contribution in [0, 0.1) is 11.3 Å². The van der Waals surface area contributed by atoms with Gasteiger partial charge in [-0.25, -0.2) is 8.42 Å². The highest BCUT2D eigenvalue weighted by Gasteiger charge is 2.37. The van der Waals surface area contributed by atoms with Gasteiger partial charge in [0.1, 0.15) is 5.54 Å². The van der Waals surface area contributed by atoms with Crippen LogP contribution >= 0.6 is 11.6 Å². The van der Waals surface area contributed by atoms with E-state index in [9.17, 15) is 31.6 Å². The van der Waals surface area contributed by atoms with Crippen molar-refractivity contribution in [2.24, 2.45) is 0 Å². The van der Waals surface area contributed by atoms with Gasteiger partial charge in [-0.3, -0.25) is 9.69 Å². The molecule has 7 nitrogen and oxygen atoms in total. The van der Waals surface area contributed by atoms with E-state index in [1.54, 1.807) is 4.90 Å². The van der Waals surface area contributed by atoms with Crippen molar-refractivity contribution in [1.82, 2.24) is 14.5 Å². The smallest absolute Gasteiger partial charge is 0.337 e. The Kier molecular flexibility index (Phi) is 6.86. The van der Waals surface area contributed by atoms with E-state index < -0.39 is 37.2 Å². The van der Waals surface area contributed by atoms with Crippen molar-refractivity contribution in [1.29, 1.82) is 5.26 Å². The van der Waals surface area contributed by atoms with Gasteiger partial charge < -0.3 is 5.32 Å². The second-order valence-electron chi connectivity index (χ2n) is 7.77. The van der Waals surface area contributed by atoms with Crippen molar-refractivity contribution in [2.45, 2.75) is 42.3 Å². The topological polar surface area (TPSA) is 93.5 Å². The summed E-state index contributed by atoms with van der Waals surface area (Å²) >= 11 is 5.57. The van der Waals surface area contributed by atoms with Crippen molar-refractivity contribution in [3.05, 3.63) is 28.8 Å². The predicted octanol–water partition coefficient (Wildman–Crippen LogP) is 2.62. The van der Waals surface area contributed by atoms with Crippen molar-refractivity contribution in [3.8, 4) is 6.07 Å². The molecule has 1 N–H and O–H groups in total. The van der Waals surface area contributed by atoms with Crippen LogP contribution in [0.4, 0.5) is 13.2 Å². The second kappa shape index (κ2) is 8.94. The van der Waals surface area contributed by atoms with Gasteiger partial charge in [-0.1, -0.05) is 11.6 Å². The molecule has 170 valence electrons. The number of sulfonamides is 1. The maximum absolute atomic E-state index is 13.1. The molecule has 1 saturated heterocycles. The van der Waals surface area contributed by atoms with Crippen LogP contribution in [-0.2, 0) is 21.0 Å². The summed E-state index contributed by atoms with van der Waals surface area (Å²) in [4.78, 5) is 13.6. The fraction of sp³-hybridized carbons (Fsp3) is 0.579. The molecule has 2 fully saturated rings. The van der Waals surface area contributed by atoms with Gasteiger partial charge in [-0.05, 0) is 43.9 Å². The summed E-state index contributed by atoms with van der Waals surface area (Å²) in [6.45, 7) is 0.570. The van der Waals surface area contributed by atoms with E-state index in [4.69, 9.17) is 11.6 Å². The monoisotopic (exact) mass is 478 g/mol. The molecule has 1 heterocycles. The maximum Gasteiger partial charge on any atom is 0.417 e. The Morgan fingerprint density at radius 1 is 1.19 bits per heavy atom. The SMILES string of the molecule is N#CC1(NC(=O)CN2CCN(S(=O)(=O)c3ccc(Cl)c(C(F)(F)F)c3)CC2)CCCC1. The van der Waals surface area contributed by atoms with Crippen molar-refractivity contribution < 1.29 is 26.4 Å². The number of nitrogens with one attached hydrogen (secondary N) is 1. The van der Waals surface area contributed by atoms with Crippen LogP contribution in [0.1, 0.15) is 31.2 Å². The third kappa shape index (κ3) is 5.31. The minimum atomic E-state index is -4.77. The third-order valence-electron chi connectivity index (χ3n) is 5.63. The first kappa shape index (κ1) is 23.8. The fourth-order valence-corrected chi connectivity index (χ4v) is 5.59. The van der Waals surface area contributed by atoms with Crippen molar-refractivity contribution >= 4 is 27.5 Å². The molecule has 1 aliphatic heterocycles. The van der Waals surface area contributed by atoms with Crippen LogP contribution in [0.2, 0.25) is 5.02 Å². The minimum Gasteiger partial charge on any atom is -0.337 e. The summed E-state index contributed by atoms with van der Waals surface area (Å²) in [6.07, 6.45) is -1.78. The Hall–Kier alpha value is -1.87. The lowest BCUT2D eigenvalue weighted by Crippen LogP contribution is -2.53. The molecule has 0 radical (unpaired) electrons. The lowest BCUT2D eigenvalue weighted by Gasteiger charge is -2.34. The number of alkyl halides is 3. The number of nitriles is 1. The van der Waals surface area contributed by atoms with Crippen LogP contribution in [0.3, 0.4) is 0 Å². The number of rotatable bonds is 5. The molecule has 0 unspecified atom stereocenters. The Morgan fingerprint density at radius 2 is 1.81 bits per heavy atom. The molecule has 0 atom stereocenters. The lowest BCUT2D eigenvalue weighted by atomic mass is 10.00. The summed E-state index contributed by atoms with van der Waals surface area (Å²) in [6, 6.07) is 4.70. The molecule has 0 spiro atoms. The number of halogens is 4. The first-order valence-electron chi connectivity index (χ1n) is 9.78. The van der Waals surface area contributed by atoms with E-state index in [2.05, 4.69) is 11.4 Å². The number of hydrogen-bond donors (Lipinski definition) is 1. The number of nitrogens with zero attached hydrogens (tertiary/aromatic N) is 3. The van der Waals surface area contributed by atoms with E-state index in [0.717, 1.165) is 29.3 Å². The van der Waals surface area contributed by atoms with E-state index in [1.165, 1.54) is 0 Å². The van der Waals surface area contributed by atoms with Gasteiger partial charge in [0.2, 0.25) is 15.9 Å².